The van der Waals surface area contributed by atoms with Gasteiger partial charge < -0.3 is 24.8 Å². The predicted octanol–water partition coefficient (Wildman–Crippen LogP) is 4.68. The monoisotopic (exact) mass is 432 g/mol. The zero-order valence-corrected chi connectivity index (χ0v) is 19.2. The standard InChI is InChI=1S/C23H44O5S/c1-2-3-4-5-6-7-8-9-10-11-12-13-14-15-16-21(29)28-20(17-24)23-22(26)19(25)18-27-23/h19-20,22-26H,2-18H2,1H3/t19-,20+,22-,23-/m1/s1. The second-order valence-electron chi connectivity index (χ2n) is 8.41. The van der Waals surface area contributed by atoms with Gasteiger partial charge in [-0.3, -0.25) is 0 Å². The van der Waals surface area contributed by atoms with E-state index in [9.17, 15) is 15.3 Å². The van der Waals surface area contributed by atoms with Crippen molar-refractivity contribution in [3.05, 3.63) is 0 Å². The number of aliphatic hydroxyl groups excluding tert-OH is 3. The van der Waals surface area contributed by atoms with E-state index in [1.807, 2.05) is 0 Å². The molecule has 6 heteroatoms. The Morgan fingerprint density at radius 2 is 1.38 bits per heavy atom. The summed E-state index contributed by atoms with van der Waals surface area (Å²) in [5, 5.41) is 29.3. The van der Waals surface area contributed by atoms with Crippen LogP contribution in [-0.2, 0) is 9.47 Å². The molecule has 1 aliphatic rings. The average Bonchev–Trinajstić information content (AvgIpc) is 3.05. The van der Waals surface area contributed by atoms with Gasteiger partial charge in [-0.05, 0) is 18.6 Å². The van der Waals surface area contributed by atoms with Crippen LogP contribution in [0.3, 0.4) is 0 Å². The van der Waals surface area contributed by atoms with Gasteiger partial charge in [-0.25, -0.2) is 0 Å². The first-order chi connectivity index (χ1) is 14.1. The minimum absolute atomic E-state index is 0.0530. The number of hydrogen-bond acceptors (Lipinski definition) is 6. The number of ether oxygens (including phenoxy) is 2. The van der Waals surface area contributed by atoms with E-state index in [0.717, 1.165) is 12.8 Å². The van der Waals surface area contributed by atoms with Gasteiger partial charge in [0.1, 0.15) is 18.3 Å². The van der Waals surface area contributed by atoms with E-state index < -0.39 is 24.4 Å². The molecule has 0 aromatic heterocycles. The highest BCUT2D eigenvalue weighted by molar-refractivity contribution is 7.80. The number of hydrogen-bond donors (Lipinski definition) is 3. The van der Waals surface area contributed by atoms with E-state index in [4.69, 9.17) is 21.7 Å². The van der Waals surface area contributed by atoms with E-state index in [1.165, 1.54) is 77.0 Å². The third-order valence-electron chi connectivity index (χ3n) is 5.75. The lowest BCUT2D eigenvalue weighted by Gasteiger charge is -2.25. The number of aliphatic hydroxyl groups is 3. The number of unbranched alkanes of at least 4 members (excludes halogenated alkanes) is 13. The summed E-state index contributed by atoms with van der Waals surface area (Å²) >= 11 is 5.26. The molecule has 0 aromatic rings. The maximum atomic E-state index is 9.87. The quantitative estimate of drug-likeness (QED) is 0.215. The molecular weight excluding hydrogens is 388 g/mol. The molecule has 0 aromatic carbocycles. The third kappa shape index (κ3) is 12.2. The fraction of sp³-hybridized carbons (Fsp3) is 0.957. The third-order valence-corrected chi connectivity index (χ3v) is 6.05. The molecule has 1 heterocycles. The second-order valence-corrected chi connectivity index (χ2v) is 8.87. The summed E-state index contributed by atoms with van der Waals surface area (Å²) in [5.74, 6) is 0. The zero-order valence-electron chi connectivity index (χ0n) is 18.4. The minimum atomic E-state index is -1.05. The SMILES string of the molecule is CCCCCCCCCCCCCCCCC(=S)O[C@@H](CO)[C@H]1OC[C@@H](O)[C@H]1O. The van der Waals surface area contributed by atoms with Gasteiger partial charge in [0.05, 0.1) is 13.2 Å². The van der Waals surface area contributed by atoms with Gasteiger partial charge in [0.2, 0.25) is 0 Å². The van der Waals surface area contributed by atoms with Crippen LogP contribution in [-0.4, -0.2) is 58.0 Å². The van der Waals surface area contributed by atoms with E-state index >= 15 is 0 Å². The smallest absolute Gasteiger partial charge is 0.160 e. The summed E-state index contributed by atoms with van der Waals surface area (Å²) in [6, 6.07) is 0. The van der Waals surface area contributed by atoms with Crippen molar-refractivity contribution in [3.8, 4) is 0 Å². The molecule has 1 aliphatic heterocycles. The molecule has 1 rings (SSSR count). The van der Waals surface area contributed by atoms with Gasteiger partial charge in [0, 0.05) is 6.42 Å². The van der Waals surface area contributed by atoms with Crippen molar-refractivity contribution in [2.24, 2.45) is 0 Å². The van der Waals surface area contributed by atoms with Gasteiger partial charge >= 0.3 is 0 Å². The lowest BCUT2D eigenvalue weighted by Crippen LogP contribution is -2.42. The Morgan fingerprint density at radius 1 is 0.897 bits per heavy atom. The molecule has 3 N–H and O–H groups in total. The van der Waals surface area contributed by atoms with Gasteiger partial charge in [0.25, 0.3) is 0 Å². The molecule has 29 heavy (non-hydrogen) atoms. The second kappa shape index (κ2) is 17.4. The van der Waals surface area contributed by atoms with Crippen LogP contribution in [0, 0.1) is 0 Å². The summed E-state index contributed by atoms with van der Waals surface area (Å²) in [4.78, 5) is 0. The molecule has 0 unspecified atom stereocenters. The first-order valence-electron chi connectivity index (χ1n) is 11.9. The first-order valence-corrected chi connectivity index (χ1v) is 12.3. The Labute approximate surface area is 183 Å². The molecular formula is C23H44O5S. The summed E-state index contributed by atoms with van der Waals surface area (Å²) in [7, 11) is 0. The molecule has 0 radical (unpaired) electrons. The topological polar surface area (TPSA) is 79.2 Å². The van der Waals surface area contributed by atoms with Crippen LogP contribution in [0.4, 0.5) is 0 Å². The predicted molar refractivity (Wildman–Crippen MR) is 121 cm³/mol. The van der Waals surface area contributed by atoms with Crippen LogP contribution in [0.25, 0.3) is 0 Å². The maximum absolute atomic E-state index is 9.87. The summed E-state index contributed by atoms with van der Waals surface area (Å²) in [6.07, 6.45) is 15.6. The van der Waals surface area contributed by atoms with E-state index in [0.29, 0.717) is 11.5 Å². The number of thiocarbonyl (C=S) groups is 1. The van der Waals surface area contributed by atoms with E-state index in [-0.39, 0.29) is 13.2 Å². The molecule has 0 aliphatic carbocycles. The average molecular weight is 433 g/mol. The molecule has 4 atom stereocenters. The largest absolute Gasteiger partial charge is 0.479 e. The van der Waals surface area contributed by atoms with Crippen LogP contribution in [0.2, 0.25) is 0 Å². The maximum Gasteiger partial charge on any atom is 0.160 e. The van der Waals surface area contributed by atoms with Crippen molar-refractivity contribution in [2.75, 3.05) is 13.2 Å². The Balaban J connectivity index is 1.92. The Bertz CT molecular complexity index is 407. The van der Waals surface area contributed by atoms with Crippen LogP contribution in [0.1, 0.15) is 103 Å². The fourth-order valence-electron chi connectivity index (χ4n) is 3.85. The van der Waals surface area contributed by atoms with E-state index in [1.54, 1.807) is 0 Å². The molecule has 0 saturated carbocycles. The lowest BCUT2D eigenvalue weighted by atomic mass is 10.0. The number of rotatable bonds is 18. The van der Waals surface area contributed by atoms with Crippen molar-refractivity contribution < 1.29 is 24.8 Å². The minimum Gasteiger partial charge on any atom is -0.479 e. The molecule has 5 nitrogen and oxygen atoms in total. The van der Waals surface area contributed by atoms with Crippen molar-refractivity contribution >= 4 is 17.3 Å². The van der Waals surface area contributed by atoms with Crippen molar-refractivity contribution in [2.45, 2.75) is 128 Å². The van der Waals surface area contributed by atoms with Crippen LogP contribution in [0.15, 0.2) is 0 Å². The van der Waals surface area contributed by atoms with E-state index in [2.05, 4.69) is 6.92 Å². The van der Waals surface area contributed by atoms with Gasteiger partial charge in [-0.15, -0.1) is 0 Å². The molecule has 0 spiro atoms. The Kier molecular flexibility index (Phi) is 16.1. The summed E-state index contributed by atoms with van der Waals surface area (Å²) < 4.78 is 10.9. The highest BCUT2D eigenvalue weighted by Gasteiger charge is 2.41. The normalized spacial score (nSPS) is 22.7. The van der Waals surface area contributed by atoms with Crippen molar-refractivity contribution in [1.29, 1.82) is 0 Å². The highest BCUT2D eigenvalue weighted by atomic mass is 32.1. The summed E-state index contributed by atoms with van der Waals surface area (Å²) in [5.41, 5.74) is 0. The highest BCUT2D eigenvalue weighted by Crippen LogP contribution is 2.20. The molecule has 0 amide bonds. The molecule has 1 fully saturated rings. The van der Waals surface area contributed by atoms with Crippen LogP contribution >= 0.6 is 12.2 Å². The van der Waals surface area contributed by atoms with Crippen LogP contribution in [0.5, 0.6) is 0 Å². The van der Waals surface area contributed by atoms with Crippen LogP contribution < -0.4 is 0 Å². The van der Waals surface area contributed by atoms with Crippen molar-refractivity contribution in [1.82, 2.24) is 0 Å². The first kappa shape index (κ1) is 26.8. The molecule has 0 bridgehead atoms. The molecule has 172 valence electrons. The zero-order chi connectivity index (χ0) is 21.3. The van der Waals surface area contributed by atoms with Gasteiger partial charge in [-0.2, -0.15) is 0 Å². The van der Waals surface area contributed by atoms with Crippen molar-refractivity contribution in [3.63, 3.8) is 0 Å². The van der Waals surface area contributed by atoms with Gasteiger partial charge in [0.15, 0.2) is 11.2 Å². The fourth-order valence-corrected chi connectivity index (χ4v) is 4.12. The Hall–Kier alpha value is -0.270. The van der Waals surface area contributed by atoms with Gasteiger partial charge in [-0.1, -0.05) is 90.4 Å². The summed E-state index contributed by atoms with van der Waals surface area (Å²) in [6.45, 7) is 2.02. The Morgan fingerprint density at radius 3 is 1.79 bits per heavy atom. The molecule has 1 saturated heterocycles. The lowest BCUT2D eigenvalue weighted by molar-refractivity contribution is -0.0621.